The summed E-state index contributed by atoms with van der Waals surface area (Å²) in [6, 6.07) is -0.248. The van der Waals surface area contributed by atoms with Gasteiger partial charge in [-0.1, -0.05) is 12.8 Å². The first kappa shape index (κ1) is 16.7. The van der Waals surface area contributed by atoms with Crippen LogP contribution in [0.15, 0.2) is 0 Å². The fourth-order valence-electron chi connectivity index (χ4n) is 3.37. The Balaban J connectivity index is 1.82. The highest BCUT2D eigenvalue weighted by molar-refractivity contribution is 7.91. The second kappa shape index (κ2) is 6.62. The zero-order chi connectivity index (χ0) is 15.5. The van der Waals surface area contributed by atoms with Gasteiger partial charge in [0.1, 0.15) is 0 Å². The van der Waals surface area contributed by atoms with Crippen molar-refractivity contribution in [3.05, 3.63) is 0 Å². The quantitative estimate of drug-likeness (QED) is 0.731. The standard InChI is InChI=1S/C14H27N3O3S/c1-17(2)14(5-3-4-6-14)11-16-13(18)9-12-10-21(19,20)8-7-15-12/h12,15H,3-11H2,1-2H3,(H,16,18). The Morgan fingerprint density at radius 3 is 2.57 bits per heavy atom. The van der Waals surface area contributed by atoms with Crippen LogP contribution >= 0.6 is 0 Å². The van der Waals surface area contributed by atoms with Crippen molar-refractivity contribution in [2.75, 3.05) is 38.7 Å². The van der Waals surface area contributed by atoms with E-state index in [0.717, 1.165) is 12.8 Å². The molecule has 21 heavy (non-hydrogen) atoms. The van der Waals surface area contributed by atoms with Crippen LogP contribution in [0.2, 0.25) is 0 Å². The Hall–Kier alpha value is -0.660. The Kier molecular flexibility index (Phi) is 5.27. The van der Waals surface area contributed by atoms with Crippen molar-refractivity contribution in [1.29, 1.82) is 0 Å². The Morgan fingerprint density at radius 1 is 1.33 bits per heavy atom. The lowest BCUT2D eigenvalue weighted by molar-refractivity contribution is -0.122. The molecule has 0 radical (unpaired) electrons. The number of likely N-dealkylation sites (N-methyl/N-ethyl adjacent to an activating group) is 1. The van der Waals surface area contributed by atoms with E-state index in [9.17, 15) is 13.2 Å². The summed E-state index contributed by atoms with van der Waals surface area (Å²) in [6.07, 6.45) is 4.86. The van der Waals surface area contributed by atoms with Crippen LogP contribution in [0.5, 0.6) is 0 Å². The average Bonchev–Trinajstić information content (AvgIpc) is 2.85. The van der Waals surface area contributed by atoms with Gasteiger partial charge in [-0.05, 0) is 26.9 Å². The van der Waals surface area contributed by atoms with E-state index < -0.39 is 9.84 Å². The first-order valence-electron chi connectivity index (χ1n) is 7.71. The molecule has 1 saturated carbocycles. The minimum Gasteiger partial charge on any atom is -0.354 e. The summed E-state index contributed by atoms with van der Waals surface area (Å²) in [6.45, 7) is 1.10. The van der Waals surface area contributed by atoms with Gasteiger partial charge < -0.3 is 15.5 Å². The predicted octanol–water partition coefficient (Wildman–Crippen LogP) is -0.246. The summed E-state index contributed by atoms with van der Waals surface area (Å²) in [5.74, 6) is 0.186. The number of carbonyl (C=O) groups excluding carboxylic acids is 1. The van der Waals surface area contributed by atoms with Crippen LogP contribution < -0.4 is 10.6 Å². The van der Waals surface area contributed by atoms with Gasteiger partial charge in [0.2, 0.25) is 5.91 Å². The lowest BCUT2D eigenvalue weighted by Gasteiger charge is -2.36. The largest absolute Gasteiger partial charge is 0.354 e. The molecule has 2 N–H and O–H groups in total. The number of nitrogens with zero attached hydrogens (tertiary/aromatic N) is 1. The molecule has 1 amide bonds. The van der Waals surface area contributed by atoms with Crippen molar-refractivity contribution in [3.8, 4) is 0 Å². The average molecular weight is 317 g/mol. The molecule has 2 fully saturated rings. The summed E-state index contributed by atoms with van der Waals surface area (Å²) < 4.78 is 23.1. The summed E-state index contributed by atoms with van der Waals surface area (Å²) in [5.41, 5.74) is 0.0712. The van der Waals surface area contributed by atoms with Crippen molar-refractivity contribution < 1.29 is 13.2 Å². The molecule has 122 valence electrons. The van der Waals surface area contributed by atoms with Gasteiger partial charge >= 0.3 is 0 Å². The van der Waals surface area contributed by atoms with Gasteiger partial charge in [-0.15, -0.1) is 0 Å². The van der Waals surface area contributed by atoms with Crippen LogP contribution in [0.4, 0.5) is 0 Å². The predicted molar refractivity (Wildman–Crippen MR) is 83.0 cm³/mol. The van der Waals surface area contributed by atoms with Gasteiger partial charge in [-0.2, -0.15) is 0 Å². The lowest BCUT2D eigenvalue weighted by Crippen LogP contribution is -2.52. The zero-order valence-electron chi connectivity index (χ0n) is 13.0. The normalized spacial score (nSPS) is 27.7. The van der Waals surface area contributed by atoms with E-state index >= 15 is 0 Å². The molecule has 0 aromatic heterocycles. The van der Waals surface area contributed by atoms with E-state index in [0.29, 0.717) is 13.1 Å². The number of sulfone groups is 1. The van der Waals surface area contributed by atoms with E-state index in [-0.39, 0.29) is 35.4 Å². The maximum absolute atomic E-state index is 12.1. The highest BCUT2D eigenvalue weighted by atomic mass is 32.2. The van der Waals surface area contributed by atoms with E-state index in [2.05, 4.69) is 29.6 Å². The van der Waals surface area contributed by atoms with Gasteiger partial charge in [-0.3, -0.25) is 4.79 Å². The number of rotatable bonds is 5. The molecule has 1 aliphatic heterocycles. The van der Waals surface area contributed by atoms with Gasteiger partial charge in [-0.25, -0.2) is 8.42 Å². The SMILES string of the molecule is CN(C)C1(CNC(=O)CC2CS(=O)(=O)CCN2)CCCC1. The van der Waals surface area contributed by atoms with Crippen molar-refractivity contribution in [2.45, 2.75) is 43.7 Å². The molecule has 0 aromatic carbocycles. The molecule has 1 aliphatic carbocycles. The lowest BCUT2D eigenvalue weighted by atomic mass is 9.96. The maximum atomic E-state index is 12.1. The fourth-order valence-corrected chi connectivity index (χ4v) is 4.82. The molecular weight excluding hydrogens is 290 g/mol. The van der Waals surface area contributed by atoms with Crippen LogP contribution in [0, 0.1) is 0 Å². The third kappa shape index (κ3) is 4.40. The van der Waals surface area contributed by atoms with Crippen molar-refractivity contribution in [1.82, 2.24) is 15.5 Å². The third-order valence-corrected chi connectivity index (χ3v) is 6.57. The third-order valence-electron chi connectivity index (χ3n) is 4.83. The smallest absolute Gasteiger partial charge is 0.221 e. The monoisotopic (exact) mass is 317 g/mol. The summed E-state index contributed by atoms with van der Waals surface area (Å²) in [4.78, 5) is 14.3. The van der Waals surface area contributed by atoms with Crippen LogP contribution in [-0.2, 0) is 14.6 Å². The second-order valence-corrected chi connectivity index (χ2v) is 8.80. The molecule has 1 heterocycles. The minimum atomic E-state index is -2.98. The molecule has 0 spiro atoms. The maximum Gasteiger partial charge on any atom is 0.221 e. The topological polar surface area (TPSA) is 78.5 Å². The Bertz CT molecular complexity index is 470. The molecule has 1 unspecified atom stereocenters. The van der Waals surface area contributed by atoms with Crippen molar-refractivity contribution in [3.63, 3.8) is 0 Å². The van der Waals surface area contributed by atoms with Crippen molar-refractivity contribution in [2.24, 2.45) is 0 Å². The number of hydrogen-bond acceptors (Lipinski definition) is 5. The Morgan fingerprint density at radius 2 is 2.00 bits per heavy atom. The summed E-state index contributed by atoms with van der Waals surface area (Å²) >= 11 is 0. The molecule has 1 saturated heterocycles. The molecule has 0 bridgehead atoms. The first-order valence-corrected chi connectivity index (χ1v) is 9.53. The molecule has 7 heteroatoms. The van der Waals surface area contributed by atoms with Crippen LogP contribution in [0.25, 0.3) is 0 Å². The van der Waals surface area contributed by atoms with E-state index in [1.54, 1.807) is 0 Å². The molecule has 0 aromatic rings. The second-order valence-electron chi connectivity index (χ2n) is 6.57. The van der Waals surface area contributed by atoms with Gasteiger partial charge in [0.25, 0.3) is 0 Å². The van der Waals surface area contributed by atoms with E-state index in [4.69, 9.17) is 0 Å². The number of amides is 1. The first-order chi connectivity index (χ1) is 9.83. The number of nitrogens with one attached hydrogen (secondary N) is 2. The zero-order valence-corrected chi connectivity index (χ0v) is 13.8. The number of hydrogen-bond donors (Lipinski definition) is 2. The molecule has 6 nitrogen and oxygen atoms in total. The highest BCUT2D eigenvalue weighted by Gasteiger charge is 2.36. The highest BCUT2D eigenvalue weighted by Crippen LogP contribution is 2.33. The molecule has 1 atom stereocenters. The summed E-state index contributed by atoms with van der Waals surface area (Å²) in [7, 11) is 1.14. The van der Waals surface area contributed by atoms with Gasteiger partial charge in [0.05, 0.1) is 11.5 Å². The Labute approximate surface area is 127 Å². The van der Waals surface area contributed by atoms with Gasteiger partial charge in [0.15, 0.2) is 9.84 Å². The number of carbonyl (C=O) groups is 1. The van der Waals surface area contributed by atoms with Crippen LogP contribution in [0.1, 0.15) is 32.1 Å². The minimum absolute atomic E-state index is 0.0577. The van der Waals surface area contributed by atoms with Crippen molar-refractivity contribution >= 4 is 15.7 Å². The van der Waals surface area contributed by atoms with Crippen LogP contribution in [-0.4, -0.2) is 69.5 Å². The fraction of sp³-hybridized carbons (Fsp3) is 0.929. The molecule has 2 rings (SSSR count). The van der Waals surface area contributed by atoms with Crippen LogP contribution in [0.3, 0.4) is 0 Å². The molecular formula is C14H27N3O3S. The van der Waals surface area contributed by atoms with E-state index in [1.807, 2.05) is 0 Å². The van der Waals surface area contributed by atoms with E-state index in [1.165, 1.54) is 12.8 Å². The summed E-state index contributed by atoms with van der Waals surface area (Å²) in [5, 5.41) is 6.12. The van der Waals surface area contributed by atoms with Gasteiger partial charge in [0, 0.05) is 31.1 Å². The molecule has 2 aliphatic rings.